The van der Waals surface area contributed by atoms with Crippen LogP contribution >= 0.6 is 0 Å². The molecular weight excluding hydrogens is 272 g/mol. The van der Waals surface area contributed by atoms with Crippen LogP contribution in [0.1, 0.15) is 71.3 Å². The molecular formula is C20H30O2. The van der Waals surface area contributed by atoms with Crippen LogP contribution in [0, 0.1) is 0 Å². The predicted octanol–water partition coefficient (Wildman–Crippen LogP) is 5.96. The van der Waals surface area contributed by atoms with Crippen LogP contribution in [0.3, 0.4) is 0 Å². The Morgan fingerprint density at radius 1 is 1.23 bits per heavy atom. The van der Waals surface area contributed by atoms with Gasteiger partial charge in [0, 0.05) is 13.3 Å². The molecule has 0 radical (unpaired) electrons. The summed E-state index contributed by atoms with van der Waals surface area (Å²) in [4.78, 5) is 0. The van der Waals surface area contributed by atoms with Crippen molar-refractivity contribution in [2.75, 3.05) is 0 Å². The number of hydrogen-bond donors (Lipinski definition) is 0. The molecule has 0 bridgehead atoms. The van der Waals surface area contributed by atoms with E-state index in [1.165, 1.54) is 25.7 Å². The zero-order valence-corrected chi connectivity index (χ0v) is 14.4. The van der Waals surface area contributed by atoms with Crippen LogP contribution in [0.4, 0.5) is 0 Å². The van der Waals surface area contributed by atoms with Crippen LogP contribution in [0.5, 0.6) is 5.75 Å². The molecule has 2 heteroatoms. The van der Waals surface area contributed by atoms with E-state index in [9.17, 15) is 0 Å². The highest BCUT2D eigenvalue weighted by Gasteiger charge is 2.31. The third-order valence-electron chi connectivity index (χ3n) is 4.38. The number of benzene rings is 1. The molecule has 1 fully saturated rings. The van der Waals surface area contributed by atoms with E-state index < -0.39 is 5.79 Å². The van der Waals surface area contributed by atoms with Gasteiger partial charge in [0.1, 0.15) is 5.75 Å². The van der Waals surface area contributed by atoms with E-state index in [2.05, 4.69) is 32.6 Å². The summed E-state index contributed by atoms with van der Waals surface area (Å²) in [6.45, 7) is 10.3. The molecule has 1 aromatic rings. The largest absolute Gasteiger partial charge is 0.463 e. The van der Waals surface area contributed by atoms with Gasteiger partial charge in [-0.1, -0.05) is 50.5 Å². The van der Waals surface area contributed by atoms with Gasteiger partial charge in [0.2, 0.25) is 5.79 Å². The van der Waals surface area contributed by atoms with Gasteiger partial charge in [-0.3, -0.25) is 0 Å². The van der Waals surface area contributed by atoms with Gasteiger partial charge in [0.15, 0.2) is 0 Å². The number of rotatable bonds is 8. The van der Waals surface area contributed by atoms with E-state index in [-0.39, 0.29) is 0 Å². The van der Waals surface area contributed by atoms with Gasteiger partial charge in [-0.15, -0.1) is 0 Å². The first-order valence-electron chi connectivity index (χ1n) is 8.65. The van der Waals surface area contributed by atoms with Crippen LogP contribution < -0.4 is 4.74 Å². The molecule has 122 valence electrons. The smallest absolute Gasteiger partial charge is 0.207 e. The zero-order valence-electron chi connectivity index (χ0n) is 14.4. The van der Waals surface area contributed by atoms with Crippen LogP contribution in [0.25, 0.3) is 5.57 Å². The lowest BCUT2D eigenvalue weighted by molar-refractivity contribution is -0.202. The normalized spacial score (nSPS) is 18.1. The molecule has 2 rings (SSSR count). The molecule has 1 aliphatic carbocycles. The Morgan fingerprint density at radius 3 is 2.41 bits per heavy atom. The highest BCUT2D eigenvalue weighted by atomic mass is 16.7. The van der Waals surface area contributed by atoms with Crippen LogP contribution in [0.15, 0.2) is 30.8 Å². The Balaban J connectivity index is 2.05. The van der Waals surface area contributed by atoms with Gasteiger partial charge < -0.3 is 9.47 Å². The summed E-state index contributed by atoms with van der Waals surface area (Å²) < 4.78 is 12.6. The lowest BCUT2D eigenvalue weighted by Gasteiger charge is -2.33. The molecule has 1 saturated carbocycles. The minimum Gasteiger partial charge on any atom is -0.463 e. The summed E-state index contributed by atoms with van der Waals surface area (Å²) >= 11 is 0. The maximum Gasteiger partial charge on any atom is 0.207 e. The van der Waals surface area contributed by atoms with E-state index in [1.807, 2.05) is 19.1 Å². The maximum atomic E-state index is 6.34. The average molecular weight is 302 g/mol. The maximum absolute atomic E-state index is 6.34. The number of allylic oxidation sites excluding steroid dienone is 1. The van der Waals surface area contributed by atoms with E-state index >= 15 is 0 Å². The molecule has 1 atom stereocenters. The lowest BCUT2D eigenvalue weighted by atomic mass is 10.1. The van der Waals surface area contributed by atoms with Crippen LogP contribution in [-0.2, 0) is 4.74 Å². The highest BCUT2D eigenvalue weighted by molar-refractivity contribution is 5.61. The van der Waals surface area contributed by atoms with Crippen LogP contribution in [-0.4, -0.2) is 11.9 Å². The molecule has 1 unspecified atom stereocenters. The summed E-state index contributed by atoms with van der Waals surface area (Å²) in [5.74, 6) is 0.358. The van der Waals surface area contributed by atoms with Gasteiger partial charge in [0.25, 0.3) is 0 Å². The van der Waals surface area contributed by atoms with Crippen LogP contribution in [0.2, 0.25) is 0 Å². The SMILES string of the molecule is C=C(C)c1ccc(OC(C)(CCCC)OC2CCCC2)cc1. The Hall–Kier alpha value is -1.28. The van der Waals surface area contributed by atoms with Crippen molar-refractivity contribution in [2.24, 2.45) is 0 Å². The quantitative estimate of drug-likeness (QED) is 0.551. The van der Waals surface area contributed by atoms with Gasteiger partial charge in [-0.05, 0) is 43.9 Å². The van der Waals surface area contributed by atoms with Gasteiger partial charge >= 0.3 is 0 Å². The van der Waals surface area contributed by atoms with Crippen molar-refractivity contribution in [2.45, 2.75) is 77.6 Å². The number of hydrogen-bond acceptors (Lipinski definition) is 2. The third-order valence-corrected chi connectivity index (χ3v) is 4.38. The standard InChI is InChI=1S/C20H30O2/c1-5-6-15-20(4,21-18-9-7-8-10-18)22-19-13-11-17(12-14-19)16(2)3/h11-14,18H,2,5-10,15H2,1,3-4H3. The fourth-order valence-electron chi connectivity index (χ4n) is 3.05. The summed E-state index contributed by atoms with van der Waals surface area (Å²) in [7, 11) is 0. The second-order valence-corrected chi connectivity index (χ2v) is 6.67. The first kappa shape index (κ1) is 17.1. The van der Waals surface area contributed by atoms with Gasteiger partial charge in [0.05, 0.1) is 6.10 Å². The molecule has 22 heavy (non-hydrogen) atoms. The van der Waals surface area contributed by atoms with Crippen molar-refractivity contribution in [1.82, 2.24) is 0 Å². The van der Waals surface area contributed by atoms with Crippen molar-refractivity contribution in [3.63, 3.8) is 0 Å². The van der Waals surface area contributed by atoms with E-state index in [0.29, 0.717) is 6.10 Å². The Labute approximate surface area is 135 Å². The second kappa shape index (κ2) is 7.82. The van der Waals surface area contributed by atoms with Crippen molar-refractivity contribution in [3.05, 3.63) is 36.4 Å². The molecule has 0 aliphatic heterocycles. The van der Waals surface area contributed by atoms with Crippen molar-refractivity contribution in [1.29, 1.82) is 0 Å². The highest BCUT2D eigenvalue weighted by Crippen LogP contribution is 2.31. The van der Waals surface area contributed by atoms with E-state index in [4.69, 9.17) is 9.47 Å². The zero-order chi connectivity index (χ0) is 16.0. The molecule has 0 aromatic heterocycles. The second-order valence-electron chi connectivity index (χ2n) is 6.67. The monoisotopic (exact) mass is 302 g/mol. The number of unbranched alkanes of at least 4 members (excludes halogenated alkanes) is 1. The predicted molar refractivity (Wildman–Crippen MR) is 93.0 cm³/mol. The fourth-order valence-corrected chi connectivity index (χ4v) is 3.05. The molecule has 0 amide bonds. The average Bonchev–Trinajstić information content (AvgIpc) is 2.98. The van der Waals surface area contributed by atoms with Gasteiger partial charge in [-0.25, -0.2) is 0 Å². The Morgan fingerprint density at radius 2 is 1.86 bits per heavy atom. The lowest BCUT2D eigenvalue weighted by Crippen LogP contribution is -2.39. The molecule has 1 aliphatic rings. The van der Waals surface area contributed by atoms with Gasteiger partial charge in [-0.2, -0.15) is 0 Å². The Kier molecular flexibility index (Phi) is 6.07. The minimum absolute atomic E-state index is 0.358. The van der Waals surface area contributed by atoms with E-state index in [0.717, 1.165) is 36.1 Å². The Bertz CT molecular complexity index is 471. The molecule has 0 heterocycles. The molecule has 0 saturated heterocycles. The molecule has 2 nitrogen and oxygen atoms in total. The van der Waals surface area contributed by atoms with Crippen molar-refractivity contribution >= 4 is 5.57 Å². The fraction of sp³-hybridized carbons (Fsp3) is 0.600. The number of ether oxygens (including phenoxy) is 2. The van der Waals surface area contributed by atoms with Crippen molar-refractivity contribution < 1.29 is 9.47 Å². The first-order valence-corrected chi connectivity index (χ1v) is 8.65. The van der Waals surface area contributed by atoms with E-state index in [1.54, 1.807) is 0 Å². The summed E-state index contributed by atoms with van der Waals surface area (Å²) in [6.07, 6.45) is 8.46. The third kappa shape index (κ3) is 4.88. The molecule has 0 spiro atoms. The minimum atomic E-state index is -0.518. The van der Waals surface area contributed by atoms with Crippen molar-refractivity contribution in [3.8, 4) is 5.75 Å². The topological polar surface area (TPSA) is 18.5 Å². The molecule has 1 aromatic carbocycles. The summed E-state index contributed by atoms with van der Waals surface area (Å²) in [6, 6.07) is 8.17. The first-order chi connectivity index (χ1) is 10.5. The summed E-state index contributed by atoms with van der Waals surface area (Å²) in [5, 5.41) is 0. The summed E-state index contributed by atoms with van der Waals surface area (Å²) in [5.41, 5.74) is 2.22. The molecule has 0 N–H and O–H groups in total.